The summed E-state index contributed by atoms with van der Waals surface area (Å²) in [7, 11) is -4.09. The molecule has 0 aliphatic heterocycles. The second-order valence-electron chi connectivity index (χ2n) is 10.4. The first-order valence-electron chi connectivity index (χ1n) is 13.7. The molecule has 3 rings (SSSR count). The van der Waals surface area contributed by atoms with Crippen LogP contribution in [0.4, 0.5) is 5.69 Å². The van der Waals surface area contributed by atoms with Gasteiger partial charge in [-0.05, 0) is 87.6 Å². The Labute approximate surface area is 239 Å². The first-order chi connectivity index (χ1) is 18.9. The molecular weight excluding hydrogens is 522 g/mol. The van der Waals surface area contributed by atoms with Crippen molar-refractivity contribution >= 4 is 27.5 Å². The highest BCUT2D eigenvalue weighted by Crippen LogP contribution is 2.27. The minimum absolute atomic E-state index is 0.0980. The molecule has 0 fully saturated rings. The van der Waals surface area contributed by atoms with Crippen LogP contribution in [0.25, 0.3) is 0 Å². The van der Waals surface area contributed by atoms with Gasteiger partial charge in [0.25, 0.3) is 10.0 Å². The minimum Gasteiger partial charge on any atom is -0.354 e. The van der Waals surface area contributed by atoms with Gasteiger partial charge in [0, 0.05) is 13.1 Å². The summed E-state index contributed by atoms with van der Waals surface area (Å²) in [6.07, 6.45) is 1.77. The van der Waals surface area contributed by atoms with Crippen LogP contribution in [0.15, 0.2) is 71.6 Å². The van der Waals surface area contributed by atoms with E-state index >= 15 is 0 Å². The molecule has 40 heavy (non-hydrogen) atoms. The standard InChI is InChI=1S/C32H41N3O4S/c1-7-8-17-33-32(37)27(6)34(21-28-12-10-9-11-26(28)5)31(36)22-35(29-19-24(3)18-25(4)20-29)40(38,39)30-15-13-23(2)14-16-30/h9-16,18-20,27H,7-8,17,21-22H2,1-6H3,(H,33,37). The van der Waals surface area contributed by atoms with Crippen LogP contribution in [0, 0.1) is 27.7 Å². The predicted octanol–water partition coefficient (Wildman–Crippen LogP) is 5.45. The number of nitrogens with one attached hydrogen (secondary N) is 1. The van der Waals surface area contributed by atoms with Crippen LogP contribution >= 0.6 is 0 Å². The predicted molar refractivity (Wildman–Crippen MR) is 161 cm³/mol. The number of anilines is 1. The molecule has 1 N–H and O–H groups in total. The molecule has 0 aromatic heterocycles. The number of carbonyl (C=O) groups excluding carboxylic acids is 2. The summed E-state index contributed by atoms with van der Waals surface area (Å²) in [5.74, 6) is -0.731. The number of amides is 2. The van der Waals surface area contributed by atoms with E-state index in [0.717, 1.165) is 45.0 Å². The zero-order chi connectivity index (χ0) is 29.4. The summed E-state index contributed by atoms with van der Waals surface area (Å²) in [4.78, 5) is 28.7. The number of hydrogen-bond acceptors (Lipinski definition) is 4. The van der Waals surface area contributed by atoms with E-state index in [-0.39, 0.29) is 17.3 Å². The van der Waals surface area contributed by atoms with E-state index in [1.165, 1.54) is 4.90 Å². The number of aryl methyl sites for hydroxylation is 4. The van der Waals surface area contributed by atoms with E-state index in [1.807, 2.05) is 65.0 Å². The van der Waals surface area contributed by atoms with Crippen LogP contribution in [0.2, 0.25) is 0 Å². The molecule has 0 aliphatic rings. The van der Waals surface area contributed by atoms with Gasteiger partial charge in [-0.3, -0.25) is 13.9 Å². The molecular formula is C32H41N3O4S. The van der Waals surface area contributed by atoms with Crippen molar-refractivity contribution in [1.29, 1.82) is 0 Å². The lowest BCUT2D eigenvalue weighted by Crippen LogP contribution is -2.51. The first kappa shape index (κ1) is 30.9. The maximum absolute atomic E-state index is 14.1. The van der Waals surface area contributed by atoms with E-state index in [9.17, 15) is 18.0 Å². The summed E-state index contributed by atoms with van der Waals surface area (Å²) < 4.78 is 29.1. The number of nitrogens with zero attached hydrogens (tertiary/aromatic N) is 2. The van der Waals surface area contributed by atoms with Crippen LogP contribution < -0.4 is 9.62 Å². The van der Waals surface area contributed by atoms with Crippen LogP contribution in [-0.4, -0.2) is 44.3 Å². The molecule has 0 bridgehead atoms. The SMILES string of the molecule is CCCCNC(=O)C(C)N(Cc1ccccc1C)C(=O)CN(c1cc(C)cc(C)c1)S(=O)(=O)c1ccc(C)cc1. The van der Waals surface area contributed by atoms with Gasteiger partial charge >= 0.3 is 0 Å². The van der Waals surface area contributed by atoms with Gasteiger partial charge in [-0.1, -0.05) is 61.4 Å². The normalized spacial score (nSPS) is 12.1. The first-order valence-corrected chi connectivity index (χ1v) is 15.2. The number of carbonyl (C=O) groups is 2. The second-order valence-corrected chi connectivity index (χ2v) is 12.3. The Morgan fingerprint density at radius 3 is 2.10 bits per heavy atom. The van der Waals surface area contributed by atoms with Crippen molar-refractivity contribution in [1.82, 2.24) is 10.2 Å². The third-order valence-corrected chi connectivity index (χ3v) is 8.77. The average molecular weight is 564 g/mol. The molecule has 1 atom stereocenters. The Morgan fingerprint density at radius 2 is 1.50 bits per heavy atom. The van der Waals surface area contributed by atoms with Gasteiger partial charge < -0.3 is 10.2 Å². The van der Waals surface area contributed by atoms with Crippen LogP contribution in [-0.2, 0) is 26.2 Å². The molecule has 8 heteroatoms. The molecule has 0 heterocycles. The molecule has 3 aromatic carbocycles. The van der Waals surface area contributed by atoms with E-state index < -0.39 is 28.5 Å². The molecule has 214 valence electrons. The monoisotopic (exact) mass is 563 g/mol. The van der Waals surface area contributed by atoms with Crippen LogP contribution in [0.3, 0.4) is 0 Å². The van der Waals surface area contributed by atoms with Gasteiger partial charge in [-0.25, -0.2) is 8.42 Å². The number of unbranched alkanes of at least 4 members (excludes halogenated alkanes) is 1. The molecule has 0 radical (unpaired) electrons. The Morgan fingerprint density at radius 1 is 0.875 bits per heavy atom. The van der Waals surface area contributed by atoms with E-state index in [4.69, 9.17) is 0 Å². The zero-order valence-corrected chi connectivity index (χ0v) is 25.2. The Bertz CT molecular complexity index is 1410. The van der Waals surface area contributed by atoms with Gasteiger partial charge in [0.2, 0.25) is 11.8 Å². The van der Waals surface area contributed by atoms with Crippen molar-refractivity contribution < 1.29 is 18.0 Å². The van der Waals surface area contributed by atoms with Gasteiger partial charge in [-0.2, -0.15) is 0 Å². The van der Waals surface area contributed by atoms with E-state index in [2.05, 4.69) is 5.32 Å². The van der Waals surface area contributed by atoms with Gasteiger partial charge in [-0.15, -0.1) is 0 Å². The smallest absolute Gasteiger partial charge is 0.264 e. The second kappa shape index (κ2) is 13.6. The van der Waals surface area contributed by atoms with Crippen molar-refractivity contribution in [3.8, 4) is 0 Å². The molecule has 0 spiro atoms. The molecule has 0 saturated carbocycles. The topological polar surface area (TPSA) is 86.8 Å². The Kier molecular flexibility index (Phi) is 10.5. The minimum atomic E-state index is -4.09. The van der Waals surface area contributed by atoms with Gasteiger partial charge in [0.1, 0.15) is 12.6 Å². The number of hydrogen-bond donors (Lipinski definition) is 1. The van der Waals surface area contributed by atoms with E-state index in [1.54, 1.807) is 43.3 Å². The molecule has 3 aromatic rings. The Hall–Kier alpha value is -3.65. The molecule has 1 unspecified atom stereocenters. The van der Waals surface area contributed by atoms with Crippen molar-refractivity contribution in [3.63, 3.8) is 0 Å². The fourth-order valence-electron chi connectivity index (χ4n) is 4.55. The lowest BCUT2D eigenvalue weighted by atomic mass is 10.1. The lowest BCUT2D eigenvalue weighted by Gasteiger charge is -2.32. The quantitative estimate of drug-likeness (QED) is 0.297. The highest BCUT2D eigenvalue weighted by Gasteiger charge is 2.32. The fraction of sp³-hybridized carbons (Fsp3) is 0.375. The van der Waals surface area contributed by atoms with Gasteiger partial charge in [0.05, 0.1) is 10.6 Å². The highest BCUT2D eigenvalue weighted by atomic mass is 32.2. The maximum Gasteiger partial charge on any atom is 0.264 e. The van der Waals surface area contributed by atoms with Crippen molar-refractivity contribution in [2.24, 2.45) is 0 Å². The van der Waals surface area contributed by atoms with Crippen LogP contribution in [0.5, 0.6) is 0 Å². The fourth-order valence-corrected chi connectivity index (χ4v) is 5.95. The average Bonchev–Trinajstić information content (AvgIpc) is 2.90. The Balaban J connectivity index is 2.04. The molecule has 0 saturated heterocycles. The highest BCUT2D eigenvalue weighted by molar-refractivity contribution is 7.92. The van der Waals surface area contributed by atoms with Crippen molar-refractivity contribution in [3.05, 3.63) is 94.5 Å². The third kappa shape index (κ3) is 7.72. The van der Waals surface area contributed by atoms with Gasteiger partial charge in [0.15, 0.2) is 0 Å². The molecule has 7 nitrogen and oxygen atoms in total. The van der Waals surface area contributed by atoms with E-state index in [0.29, 0.717) is 12.2 Å². The van der Waals surface area contributed by atoms with Crippen molar-refractivity contribution in [2.45, 2.75) is 71.9 Å². The summed E-state index contributed by atoms with van der Waals surface area (Å²) >= 11 is 0. The van der Waals surface area contributed by atoms with Crippen LogP contribution in [0.1, 0.15) is 54.5 Å². The maximum atomic E-state index is 14.1. The lowest BCUT2D eigenvalue weighted by molar-refractivity contribution is -0.139. The largest absolute Gasteiger partial charge is 0.354 e. The summed E-state index contributed by atoms with van der Waals surface area (Å²) in [5, 5.41) is 2.92. The van der Waals surface area contributed by atoms with Crippen molar-refractivity contribution in [2.75, 3.05) is 17.4 Å². The zero-order valence-electron chi connectivity index (χ0n) is 24.4. The summed E-state index contributed by atoms with van der Waals surface area (Å²) in [6.45, 7) is 11.6. The molecule has 0 aliphatic carbocycles. The number of benzene rings is 3. The number of rotatable bonds is 12. The summed E-state index contributed by atoms with van der Waals surface area (Å²) in [6, 6.07) is 18.9. The summed E-state index contributed by atoms with van der Waals surface area (Å²) in [5.41, 5.74) is 4.97. The number of sulfonamides is 1. The molecule has 2 amide bonds. The third-order valence-electron chi connectivity index (χ3n) is 6.98.